The Balaban J connectivity index is 2.23. The Hall–Kier alpha value is -2.56. The minimum atomic E-state index is -0.203. The highest BCUT2D eigenvalue weighted by Crippen LogP contribution is 2.22. The molecule has 0 bridgehead atoms. The molecule has 0 saturated carbocycles. The smallest absolute Gasteiger partial charge is 0.268 e. The molecule has 1 amide bonds. The molecule has 0 spiro atoms. The molecule has 1 aromatic heterocycles. The monoisotopic (exact) mass is 328 g/mol. The standard InChI is InChI=1S/C19H24N2O3/c1-6-16(14-7-9-15(24-5)10-8-14)21-19(23)18-11(2)17(13(4)22)12(3)20-18/h7-10,16,20H,6H2,1-5H3,(H,21,23)/t16-/m1/s1. The van der Waals surface area contributed by atoms with Crippen LogP contribution in [0.15, 0.2) is 24.3 Å². The number of methoxy groups -OCH3 is 1. The van der Waals surface area contributed by atoms with Crippen molar-refractivity contribution in [2.75, 3.05) is 7.11 Å². The third kappa shape index (κ3) is 3.50. The molecule has 5 heteroatoms. The first-order chi connectivity index (χ1) is 11.4. The third-order valence-electron chi connectivity index (χ3n) is 4.25. The number of nitrogens with one attached hydrogen (secondary N) is 2. The Kier molecular flexibility index (Phi) is 5.44. The van der Waals surface area contributed by atoms with E-state index >= 15 is 0 Å². The van der Waals surface area contributed by atoms with E-state index in [0.717, 1.165) is 23.4 Å². The van der Waals surface area contributed by atoms with E-state index in [-0.39, 0.29) is 17.7 Å². The first-order valence-corrected chi connectivity index (χ1v) is 8.03. The van der Waals surface area contributed by atoms with Crippen molar-refractivity contribution in [2.45, 2.75) is 40.2 Å². The van der Waals surface area contributed by atoms with Gasteiger partial charge in [-0.05, 0) is 50.5 Å². The predicted molar refractivity (Wildman–Crippen MR) is 93.8 cm³/mol. The molecule has 5 nitrogen and oxygen atoms in total. The average molecular weight is 328 g/mol. The summed E-state index contributed by atoms with van der Waals surface area (Å²) in [4.78, 5) is 27.4. The van der Waals surface area contributed by atoms with Crippen molar-refractivity contribution in [1.82, 2.24) is 10.3 Å². The molecule has 0 aliphatic carbocycles. The molecular weight excluding hydrogens is 304 g/mol. The number of ether oxygens (including phenoxy) is 1. The molecule has 0 saturated heterocycles. The highest BCUT2D eigenvalue weighted by Gasteiger charge is 2.22. The van der Waals surface area contributed by atoms with Gasteiger partial charge >= 0.3 is 0 Å². The Bertz CT molecular complexity index is 745. The van der Waals surface area contributed by atoms with Crippen molar-refractivity contribution in [1.29, 1.82) is 0 Å². The number of aryl methyl sites for hydroxylation is 1. The lowest BCUT2D eigenvalue weighted by atomic mass is 10.0. The number of amides is 1. The van der Waals surface area contributed by atoms with E-state index in [2.05, 4.69) is 10.3 Å². The topological polar surface area (TPSA) is 71.2 Å². The lowest BCUT2D eigenvalue weighted by Gasteiger charge is -2.17. The van der Waals surface area contributed by atoms with Crippen LogP contribution in [0.25, 0.3) is 0 Å². The number of hydrogen-bond acceptors (Lipinski definition) is 3. The van der Waals surface area contributed by atoms with Gasteiger partial charge in [-0.1, -0.05) is 19.1 Å². The van der Waals surface area contributed by atoms with Gasteiger partial charge in [0.25, 0.3) is 5.91 Å². The Morgan fingerprint density at radius 3 is 2.29 bits per heavy atom. The lowest BCUT2D eigenvalue weighted by molar-refractivity contribution is 0.0930. The maximum Gasteiger partial charge on any atom is 0.268 e. The van der Waals surface area contributed by atoms with Crippen molar-refractivity contribution in [3.8, 4) is 5.75 Å². The molecule has 0 aliphatic heterocycles. The minimum absolute atomic E-state index is 0.0394. The van der Waals surface area contributed by atoms with Crippen molar-refractivity contribution in [3.63, 3.8) is 0 Å². The fraction of sp³-hybridized carbons (Fsp3) is 0.368. The van der Waals surface area contributed by atoms with Crippen molar-refractivity contribution in [3.05, 3.63) is 52.3 Å². The number of carbonyl (C=O) groups excluding carboxylic acids is 2. The highest BCUT2D eigenvalue weighted by molar-refractivity contribution is 6.02. The number of ketones is 1. The number of aromatic nitrogens is 1. The molecule has 1 aromatic carbocycles. The second-order valence-electron chi connectivity index (χ2n) is 5.89. The van der Waals surface area contributed by atoms with Crippen LogP contribution in [0.3, 0.4) is 0 Å². The van der Waals surface area contributed by atoms with E-state index in [1.54, 1.807) is 21.0 Å². The largest absolute Gasteiger partial charge is 0.497 e. The van der Waals surface area contributed by atoms with Gasteiger partial charge in [-0.2, -0.15) is 0 Å². The summed E-state index contributed by atoms with van der Waals surface area (Å²) in [5.74, 6) is 0.537. The quantitative estimate of drug-likeness (QED) is 0.794. The van der Waals surface area contributed by atoms with Crippen molar-refractivity contribution >= 4 is 11.7 Å². The first kappa shape index (κ1) is 17.8. The van der Waals surface area contributed by atoms with Gasteiger partial charge in [0.2, 0.25) is 0 Å². The van der Waals surface area contributed by atoms with Gasteiger partial charge in [0.15, 0.2) is 5.78 Å². The van der Waals surface area contributed by atoms with Crippen molar-refractivity contribution < 1.29 is 14.3 Å². The van der Waals surface area contributed by atoms with Crippen LogP contribution in [0, 0.1) is 13.8 Å². The summed E-state index contributed by atoms with van der Waals surface area (Å²) in [5, 5.41) is 3.03. The summed E-state index contributed by atoms with van der Waals surface area (Å²) in [6, 6.07) is 7.54. The van der Waals surface area contributed by atoms with Crippen LogP contribution in [-0.2, 0) is 0 Å². The number of rotatable bonds is 6. The molecule has 2 rings (SSSR count). The van der Waals surface area contributed by atoms with E-state index in [1.165, 1.54) is 6.92 Å². The lowest BCUT2D eigenvalue weighted by Crippen LogP contribution is -2.29. The predicted octanol–water partition coefficient (Wildman–Crippen LogP) is 3.72. The zero-order valence-corrected chi connectivity index (χ0v) is 14.8. The summed E-state index contributed by atoms with van der Waals surface area (Å²) < 4.78 is 5.16. The Labute approximate surface area is 142 Å². The van der Waals surface area contributed by atoms with Crippen molar-refractivity contribution in [2.24, 2.45) is 0 Å². The van der Waals surface area contributed by atoms with E-state index in [1.807, 2.05) is 31.2 Å². The van der Waals surface area contributed by atoms with E-state index in [9.17, 15) is 9.59 Å². The van der Waals surface area contributed by atoms with Crippen LogP contribution in [-0.4, -0.2) is 23.8 Å². The molecule has 1 heterocycles. The molecule has 0 radical (unpaired) electrons. The molecular formula is C19H24N2O3. The van der Waals surface area contributed by atoms with Gasteiger partial charge in [0, 0.05) is 11.3 Å². The molecule has 1 atom stereocenters. The average Bonchev–Trinajstić information content (AvgIpc) is 2.87. The number of carbonyl (C=O) groups is 2. The third-order valence-corrected chi connectivity index (χ3v) is 4.25. The molecule has 2 aromatic rings. The van der Waals surface area contributed by atoms with E-state index in [4.69, 9.17) is 4.74 Å². The maximum atomic E-state index is 12.6. The van der Waals surface area contributed by atoms with Crippen LogP contribution in [0.4, 0.5) is 0 Å². The molecule has 0 aliphatic rings. The Morgan fingerprint density at radius 2 is 1.83 bits per heavy atom. The van der Waals surface area contributed by atoms with Gasteiger partial charge in [-0.3, -0.25) is 9.59 Å². The summed E-state index contributed by atoms with van der Waals surface area (Å²) in [5.41, 5.74) is 3.48. The normalized spacial score (nSPS) is 11.9. The zero-order valence-electron chi connectivity index (χ0n) is 14.8. The number of hydrogen-bond donors (Lipinski definition) is 2. The Morgan fingerprint density at radius 1 is 1.21 bits per heavy atom. The van der Waals surface area contributed by atoms with Crippen LogP contribution >= 0.6 is 0 Å². The summed E-state index contributed by atoms with van der Waals surface area (Å²) in [7, 11) is 1.62. The van der Waals surface area contributed by atoms with Crippen LogP contribution in [0.1, 0.15) is 64.0 Å². The zero-order chi connectivity index (χ0) is 17.9. The highest BCUT2D eigenvalue weighted by atomic mass is 16.5. The van der Waals surface area contributed by atoms with Gasteiger partial charge in [-0.15, -0.1) is 0 Å². The second-order valence-corrected chi connectivity index (χ2v) is 5.89. The molecule has 128 valence electrons. The van der Waals surface area contributed by atoms with Crippen LogP contribution in [0.2, 0.25) is 0 Å². The molecule has 24 heavy (non-hydrogen) atoms. The van der Waals surface area contributed by atoms with Crippen LogP contribution < -0.4 is 10.1 Å². The van der Waals surface area contributed by atoms with E-state index < -0.39 is 0 Å². The molecule has 0 fully saturated rings. The van der Waals surface area contributed by atoms with E-state index in [0.29, 0.717) is 16.8 Å². The van der Waals surface area contributed by atoms with Gasteiger partial charge < -0.3 is 15.0 Å². The summed E-state index contributed by atoms with van der Waals surface area (Å²) in [6.07, 6.45) is 0.760. The summed E-state index contributed by atoms with van der Waals surface area (Å²) >= 11 is 0. The fourth-order valence-electron chi connectivity index (χ4n) is 2.99. The maximum absolute atomic E-state index is 12.6. The van der Waals surface area contributed by atoms with Gasteiger partial charge in [0.05, 0.1) is 13.2 Å². The number of aromatic amines is 1. The number of H-pyrrole nitrogens is 1. The SMILES string of the molecule is CC[C@@H](NC(=O)c1[nH]c(C)c(C(C)=O)c1C)c1ccc(OC)cc1. The minimum Gasteiger partial charge on any atom is -0.497 e. The number of benzene rings is 1. The second kappa shape index (κ2) is 7.34. The summed E-state index contributed by atoms with van der Waals surface area (Å²) in [6.45, 7) is 7.13. The van der Waals surface area contributed by atoms with Crippen LogP contribution in [0.5, 0.6) is 5.75 Å². The first-order valence-electron chi connectivity index (χ1n) is 8.03. The van der Waals surface area contributed by atoms with Gasteiger partial charge in [0.1, 0.15) is 11.4 Å². The number of Topliss-reactive ketones (excluding diaryl/α,β-unsaturated/α-hetero) is 1. The molecule has 2 N–H and O–H groups in total. The van der Waals surface area contributed by atoms with Gasteiger partial charge in [-0.25, -0.2) is 0 Å². The fourth-order valence-corrected chi connectivity index (χ4v) is 2.99. The molecule has 0 unspecified atom stereocenters.